The summed E-state index contributed by atoms with van der Waals surface area (Å²) in [4.78, 5) is 16.7. The lowest BCUT2D eigenvalue weighted by molar-refractivity contribution is -0.116. The van der Waals surface area contributed by atoms with E-state index in [1.54, 1.807) is 42.7 Å². The molecule has 3 aromatic rings. The molecular weight excluding hydrogens is 346 g/mol. The second-order valence-corrected chi connectivity index (χ2v) is 6.53. The lowest BCUT2D eigenvalue weighted by Crippen LogP contribution is -2.12. The summed E-state index contributed by atoms with van der Waals surface area (Å²) in [6.07, 6.45) is 0.943. The monoisotopic (exact) mass is 363 g/mol. The Morgan fingerprint density at radius 2 is 1.92 bits per heavy atom. The number of nitrogens with one attached hydrogen (secondary N) is 1. The first-order valence-electron chi connectivity index (χ1n) is 8.07. The minimum atomic E-state index is -0.0732. The molecule has 0 spiro atoms. The van der Waals surface area contributed by atoms with Crippen molar-refractivity contribution >= 4 is 22.9 Å². The number of ether oxygens (including phenoxy) is 1. The SMILES string of the molecule is COc1ccc(-c2csc(CCC(=O)Nc3ccc(C#N)cc3)n2)cc1. The number of thiazole rings is 1. The molecule has 0 unspecified atom stereocenters. The zero-order valence-corrected chi connectivity index (χ0v) is 15.0. The molecule has 2 aromatic carbocycles. The van der Waals surface area contributed by atoms with Crippen LogP contribution in [0, 0.1) is 11.3 Å². The lowest BCUT2D eigenvalue weighted by atomic mass is 10.2. The van der Waals surface area contributed by atoms with E-state index >= 15 is 0 Å². The summed E-state index contributed by atoms with van der Waals surface area (Å²) in [5.41, 5.74) is 3.18. The zero-order valence-electron chi connectivity index (χ0n) is 14.2. The number of carbonyl (C=O) groups is 1. The van der Waals surface area contributed by atoms with Crippen molar-refractivity contribution in [3.05, 3.63) is 64.5 Å². The summed E-state index contributed by atoms with van der Waals surface area (Å²) in [6.45, 7) is 0. The summed E-state index contributed by atoms with van der Waals surface area (Å²) in [6, 6.07) is 16.6. The maximum atomic E-state index is 12.1. The minimum absolute atomic E-state index is 0.0732. The number of amides is 1. The molecule has 1 aromatic heterocycles. The molecule has 1 amide bonds. The summed E-state index contributed by atoms with van der Waals surface area (Å²) in [5.74, 6) is 0.736. The number of carbonyl (C=O) groups excluding carboxylic acids is 1. The Bertz CT molecular complexity index is 925. The molecule has 0 atom stereocenters. The van der Waals surface area contributed by atoms with Crippen molar-refractivity contribution in [3.8, 4) is 23.1 Å². The Balaban J connectivity index is 1.55. The summed E-state index contributed by atoms with van der Waals surface area (Å²) >= 11 is 1.55. The minimum Gasteiger partial charge on any atom is -0.497 e. The predicted octanol–water partition coefficient (Wildman–Crippen LogP) is 4.26. The Labute approximate surface area is 155 Å². The zero-order chi connectivity index (χ0) is 18.4. The largest absolute Gasteiger partial charge is 0.497 e. The van der Waals surface area contributed by atoms with Crippen LogP contribution in [0.1, 0.15) is 17.0 Å². The molecule has 5 nitrogen and oxygen atoms in total. The van der Waals surface area contributed by atoms with E-state index in [4.69, 9.17) is 10.00 Å². The number of aromatic nitrogens is 1. The van der Waals surface area contributed by atoms with Crippen molar-refractivity contribution in [2.24, 2.45) is 0 Å². The quantitative estimate of drug-likeness (QED) is 0.710. The highest BCUT2D eigenvalue weighted by atomic mass is 32.1. The molecular formula is C20H17N3O2S. The summed E-state index contributed by atoms with van der Waals surface area (Å²) < 4.78 is 5.16. The van der Waals surface area contributed by atoms with Crippen LogP contribution in [0.2, 0.25) is 0 Å². The number of hydrogen-bond acceptors (Lipinski definition) is 5. The van der Waals surface area contributed by atoms with Crippen LogP contribution in [0.5, 0.6) is 5.75 Å². The maximum Gasteiger partial charge on any atom is 0.224 e. The van der Waals surface area contributed by atoms with Gasteiger partial charge in [0, 0.05) is 29.5 Å². The summed E-state index contributed by atoms with van der Waals surface area (Å²) in [5, 5.41) is 14.5. The fourth-order valence-electron chi connectivity index (χ4n) is 2.39. The topological polar surface area (TPSA) is 75.0 Å². The van der Waals surface area contributed by atoms with E-state index in [0.29, 0.717) is 24.1 Å². The molecule has 0 aliphatic rings. The molecule has 0 radical (unpaired) electrons. The van der Waals surface area contributed by atoms with Crippen molar-refractivity contribution in [2.75, 3.05) is 12.4 Å². The van der Waals surface area contributed by atoms with Gasteiger partial charge in [-0.2, -0.15) is 5.26 Å². The van der Waals surface area contributed by atoms with Gasteiger partial charge < -0.3 is 10.1 Å². The normalized spacial score (nSPS) is 10.2. The van der Waals surface area contributed by atoms with E-state index < -0.39 is 0 Å². The van der Waals surface area contributed by atoms with Crippen LogP contribution in [0.3, 0.4) is 0 Å². The van der Waals surface area contributed by atoms with Crippen LogP contribution < -0.4 is 10.1 Å². The first-order valence-corrected chi connectivity index (χ1v) is 8.95. The second-order valence-electron chi connectivity index (χ2n) is 5.59. The number of methoxy groups -OCH3 is 1. The highest BCUT2D eigenvalue weighted by Gasteiger charge is 2.08. The van der Waals surface area contributed by atoms with E-state index in [2.05, 4.69) is 10.3 Å². The average Bonchev–Trinajstić information content (AvgIpc) is 3.16. The number of anilines is 1. The Hall–Kier alpha value is -3.17. The first kappa shape index (κ1) is 17.6. The van der Waals surface area contributed by atoms with Crippen LogP contribution in [-0.4, -0.2) is 18.0 Å². The molecule has 0 aliphatic heterocycles. The predicted molar refractivity (Wildman–Crippen MR) is 102 cm³/mol. The van der Waals surface area contributed by atoms with Gasteiger partial charge in [0.05, 0.1) is 29.4 Å². The third kappa shape index (κ3) is 4.47. The Morgan fingerprint density at radius 1 is 1.19 bits per heavy atom. The number of nitriles is 1. The van der Waals surface area contributed by atoms with Crippen molar-refractivity contribution in [2.45, 2.75) is 12.8 Å². The van der Waals surface area contributed by atoms with Gasteiger partial charge in [-0.15, -0.1) is 11.3 Å². The van der Waals surface area contributed by atoms with Gasteiger partial charge in [0.1, 0.15) is 5.75 Å². The molecule has 0 bridgehead atoms. The summed E-state index contributed by atoms with van der Waals surface area (Å²) in [7, 11) is 1.64. The standard InChI is InChI=1S/C20H17N3O2S/c1-25-17-8-4-15(5-9-17)18-13-26-20(23-18)11-10-19(24)22-16-6-2-14(12-21)3-7-16/h2-9,13H,10-11H2,1H3,(H,22,24). The number of nitrogens with zero attached hydrogens (tertiary/aromatic N) is 2. The van der Waals surface area contributed by atoms with E-state index in [9.17, 15) is 4.79 Å². The average molecular weight is 363 g/mol. The van der Waals surface area contributed by atoms with Crippen LogP contribution in [0.25, 0.3) is 11.3 Å². The molecule has 0 aliphatic carbocycles. The van der Waals surface area contributed by atoms with Crippen LogP contribution in [0.15, 0.2) is 53.9 Å². The molecule has 1 heterocycles. The molecule has 3 rings (SSSR count). The molecule has 0 fully saturated rings. The van der Waals surface area contributed by atoms with Gasteiger partial charge >= 0.3 is 0 Å². The van der Waals surface area contributed by atoms with E-state index in [-0.39, 0.29) is 5.91 Å². The number of hydrogen-bond donors (Lipinski definition) is 1. The molecule has 26 heavy (non-hydrogen) atoms. The molecule has 130 valence electrons. The van der Waals surface area contributed by atoms with E-state index in [1.165, 1.54) is 0 Å². The smallest absolute Gasteiger partial charge is 0.224 e. The van der Waals surface area contributed by atoms with Gasteiger partial charge in [-0.3, -0.25) is 4.79 Å². The fraction of sp³-hybridized carbons (Fsp3) is 0.150. The van der Waals surface area contributed by atoms with Gasteiger partial charge in [-0.05, 0) is 48.5 Å². The number of rotatable bonds is 6. The van der Waals surface area contributed by atoms with Crippen LogP contribution >= 0.6 is 11.3 Å². The fourth-order valence-corrected chi connectivity index (χ4v) is 3.20. The van der Waals surface area contributed by atoms with E-state index in [1.807, 2.05) is 35.7 Å². The maximum absolute atomic E-state index is 12.1. The second kappa shape index (κ2) is 8.28. The highest BCUT2D eigenvalue weighted by molar-refractivity contribution is 7.09. The molecule has 0 saturated carbocycles. The lowest BCUT2D eigenvalue weighted by Gasteiger charge is -2.04. The van der Waals surface area contributed by atoms with Crippen molar-refractivity contribution < 1.29 is 9.53 Å². The van der Waals surface area contributed by atoms with Gasteiger partial charge in [0.2, 0.25) is 5.91 Å². The van der Waals surface area contributed by atoms with Gasteiger partial charge in [0.15, 0.2) is 0 Å². The van der Waals surface area contributed by atoms with Gasteiger partial charge in [0.25, 0.3) is 0 Å². The van der Waals surface area contributed by atoms with Crippen molar-refractivity contribution in [1.29, 1.82) is 5.26 Å². The molecule has 1 N–H and O–H groups in total. The number of aryl methyl sites for hydroxylation is 1. The highest BCUT2D eigenvalue weighted by Crippen LogP contribution is 2.24. The Morgan fingerprint density at radius 3 is 2.58 bits per heavy atom. The first-order chi connectivity index (χ1) is 12.7. The Kier molecular flexibility index (Phi) is 5.62. The van der Waals surface area contributed by atoms with Crippen molar-refractivity contribution in [1.82, 2.24) is 4.98 Å². The van der Waals surface area contributed by atoms with Crippen LogP contribution in [0.4, 0.5) is 5.69 Å². The third-order valence-corrected chi connectivity index (χ3v) is 4.71. The van der Waals surface area contributed by atoms with Crippen LogP contribution in [-0.2, 0) is 11.2 Å². The number of benzene rings is 2. The molecule has 0 saturated heterocycles. The third-order valence-electron chi connectivity index (χ3n) is 3.80. The van der Waals surface area contributed by atoms with Crippen molar-refractivity contribution in [3.63, 3.8) is 0 Å². The molecule has 6 heteroatoms. The van der Waals surface area contributed by atoms with Gasteiger partial charge in [-0.25, -0.2) is 4.98 Å². The van der Waals surface area contributed by atoms with Gasteiger partial charge in [-0.1, -0.05) is 0 Å². The van der Waals surface area contributed by atoms with E-state index in [0.717, 1.165) is 22.0 Å².